The predicted molar refractivity (Wildman–Crippen MR) is 74.0 cm³/mol. The fourth-order valence-electron chi connectivity index (χ4n) is 2.95. The van der Waals surface area contributed by atoms with Gasteiger partial charge in [0.15, 0.2) is 0 Å². The van der Waals surface area contributed by atoms with E-state index in [0.717, 1.165) is 25.7 Å². The zero-order valence-electron chi connectivity index (χ0n) is 12.2. The van der Waals surface area contributed by atoms with Crippen LogP contribution in [0, 0.1) is 0 Å². The molecule has 0 radical (unpaired) electrons. The number of hydrogen-bond donors (Lipinski definition) is 2. The molecule has 5 nitrogen and oxygen atoms in total. The smallest absolute Gasteiger partial charge is 0.326 e. The number of carbonyl (C=O) groups is 2. The molecule has 19 heavy (non-hydrogen) atoms. The molecular formula is C14H26N2O3. The van der Waals surface area contributed by atoms with Gasteiger partial charge in [-0.3, -0.25) is 4.79 Å². The monoisotopic (exact) mass is 270 g/mol. The molecule has 0 heterocycles. The Hall–Kier alpha value is -1.10. The largest absolute Gasteiger partial charge is 0.480 e. The van der Waals surface area contributed by atoms with Gasteiger partial charge in [0.05, 0.1) is 0 Å². The van der Waals surface area contributed by atoms with Crippen LogP contribution in [0.3, 0.4) is 0 Å². The summed E-state index contributed by atoms with van der Waals surface area (Å²) in [4.78, 5) is 24.8. The van der Waals surface area contributed by atoms with E-state index >= 15 is 0 Å². The molecule has 1 atom stereocenters. The lowest BCUT2D eigenvalue weighted by Gasteiger charge is -2.38. The van der Waals surface area contributed by atoms with Crippen LogP contribution in [-0.4, -0.2) is 47.6 Å². The first-order chi connectivity index (χ1) is 8.95. The molecule has 110 valence electrons. The van der Waals surface area contributed by atoms with Crippen LogP contribution in [0.25, 0.3) is 0 Å². The molecule has 1 aliphatic rings. The van der Waals surface area contributed by atoms with Crippen molar-refractivity contribution in [3.63, 3.8) is 0 Å². The van der Waals surface area contributed by atoms with Crippen molar-refractivity contribution in [2.45, 2.75) is 63.5 Å². The fraction of sp³-hybridized carbons (Fsp3) is 0.857. The molecule has 0 aliphatic heterocycles. The molecule has 5 heteroatoms. The van der Waals surface area contributed by atoms with E-state index in [0.29, 0.717) is 12.8 Å². The van der Waals surface area contributed by atoms with Gasteiger partial charge in [-0.1, -0.05) is 26.2 Å². The van der Waals surface area contributed by atoms with Gasteiger partial charge in [0.1, 0.15) is 6.04 Å². The maximum Gasteiger partial charge on any atom is 0.326 e. The molecule has 0 aromatic carbocycles. The molecule has 0 bridgehead atoms. The van der Waals surface area contributed by atoms with Crippen molar-refractivity contribution in [3.05, 3.63) is 0 Å². The average Bonchev–Trinajstić information content (AvgIpc) is 2.40. The summed E-state index contributed by atoms with van der Waals surface area (Å²) >= 11 is 0. The summed E-state index contributed by atoms with van der Waals surface area (Å²) < 4.78 is 0. The molecule has 0 saturated heterocycles. The highest BCUT2D eigenvalue weighted by molar-refractivity contribution is 5.84. The van der Waals surface area contributed by atoms with Crippen LogP contribution in [0.15, 0.2) is 0 Å². The maximum atomic E-state index is 12.3. The van der Waals surface area contributed by atoms with E-state index in [1.165, 1.54) is 11.3 Å². The SMILES string of the molecule is CCC(C(=O)O)N(C)C(=O)CC1(NC)CCCCC1. The second-order valence-corrected chi connectivity index (χ2v) is 5.53. The summed E-state index contributed by atoms with van der Waals surface area (Å²) in [5, 5.41) is 12.4. The molecule has 1 saturated carbocycles. The molecule has 0 aromatic rings. The molecule has 2 N–H and O–H groups in total. The number of carboxylic acids is 1. The number of nitrogens with one attached hydrogen (secondary N) is 1. The highest BCUT2D eigenvalue weighted by Gasteiger charge is 2.35. The number of nitrogens with zero attached hydrogens (tertiary/aromatic N) is 1. The molecule has 0 aromatic heterocycles. The minimum absolute atomic E-state index is 0.0782. The molecule has 1 rings (SSSR count). The summed E-state index contributed by atoms with van der Waals surface area (Å²) in [6.45, 7) is 1.79. The lowest BCUT2D eigenvalue weighted by atomic mass is 9.79. The number of hydrogen-bond acceptors (Lipinski definition) is 3. The first kappa shape index (κ1) is 16.0. The Morgan fingerprint density at radius 1 is 1.32 bits per heavy atom. The number of carboxylic acid groups (broad SMARTS) is 1. The van der Waals surface area contributed by atoms with Crippen LogP contribution >= 0.6 is 0 Å². The third-order valence-electron chi connectivity index (χ3n) is 4.36. The summed E-state index contributed by atoms with van der Waals surface area (Å²) in [6.07, 6.45) is 6.30. The van der Waals surface area contributed by atoms with E-state index in [-0.39, 0.29) is 11.4 Å². The molecule has 1 unspecified atom stereocenters. The highest BCUT2D eigenvalue weighted by Crippen LogP contribution is 2.31. The van der Waals surface area contributed by atoms with E-state index in [9.17, 15) is 9.59 Å². The first-order valence-corrected chi connectivity index (χ1v) is 7.13. The van der Waals surface area contributed by atoms with Crippen LogP contribution in [0.1, 0.15) is 51.9 Å². The van der Waals surface area contributed by atoms with Crippen molar-refractivity contribution in [3.8, 4) is 0 Å². The minimum atomic E-state index is -0.930. The summed E-state index contributed by atoms with van der Waals surface area (Å²) in [6, 6.07) is -0.718. The number of carbonyl (C=O) groups excluding carboxylic acids is 1. The topological polar surface area (TPSA) is 69.6 Å². The Morgan fingerprint density at radius 2 is 1.89 bits per heavy atom. The Bertz CT molecular complexity index is 325. The Labute approximate surface area is 115 Å². The average molecular weight is 270 g/mol. The highest BCUT2D eigenvalue weighted by atomic mass is 16.4. The number of likely N-dealkylation sites (N-methyl/N-ethyl adjacent to an activating group) is 1. The van der Waals surface area contributed by atoms with Gasteiger partial charge in [-0.25, -0.2) is 4.79 Å². The minimum Gasteiger partial charge on any atom is -0.480 e. The fourth-order valence-corrected chi connectivity index (χ4v) is 2.95. The van der Waals surface area contributed by atoms with Crippen molar-refractivity contribution in [2.75, 3.05) is 14.1 Å². The van der Waals surface area contributed by atoms with Crippen LogP contribution in [0.4, 0.5) is 0 Å². The van der Waals surface area contributed by atoms with Gasteiger partial charge >= 0.3 is 5.97 Å². The normalized spacial score (nSPS) is 19.7. The van der Waals surface area contributed by atoms with Crippen molar-refractivity contribution < 1.29 is 14.7 Å². The number of rotatable bonds is 6. The number of aliphatic carboxylic acids is 1. The van der Waals surface area contributed by atoms with Gasteiger partial charge in [0.25, 0.3) is 0 Å². The molecule has 1 amide bonds. The molecule has 1 aliphatic carbocycles. The van der Waals surface area contributed by atoms with Gasteiger partial charge < -0.3 is 15.3 Å². The van der Waals surface area contributed by atoms with Gasteiger partial charge in [-0.15, -0.1) is 0 Å². The number of amides is 1. The van der Waals surface area contributed by atoms with Crippen LogP contribution in [-0.2, 0) is 9.59 Å². The van der Waals surface area contributed by atoms with E-state index in [4.69, 9.17) is 5.11 Å². The van der Waals surface area contributed by atoms with Crippen molar-refractivity contribution in [2.24, 2.45) is 0 Å². The quantitative estimate of drug-likeness (QED) is 0.769. The second kappa shape index (κ2) is 6.89. The van der Waals surface area contributed by atoms with Crippen molar-refractivity contribution in [1.82, 2.24) is 10.2 Å². The Morgan fingerprint density at radius 3 is 2.32 bits per heavy atom. The van der Waals surface area contributed by atoms with Gasteiger partial charge in [-0.05, 0) is 26.3 Å². The lowest BCUT2D eigenvalue weighted by molar-refractivity contribution is -0.149. The van der Waals surface area contributed by atoms with E-state index in [1.54, 1.807) is 14.0 Å². The summed E-state index contributed by atoms with van der Waals surface area (Å²) in [5.74, 6) is -1.01. The van der Waals surface area contributed by atoms with Crippen LogP contribution in [0.2, 0.25) is 0 Å². The summed E-state index contributed by atoms with van der Waals surface area (Å²) in [7, 11) is 3.49. The van der Waals surface area contributed by atoms with Gasteiger partial charge in [0.2, 0.25) is 5.91 Å². The molecular weight excluding hydrogens is 244 g/mol. The van der Waals surface area contributed by atoms with E-state index in [2.05, 4.69) is 5.32 Å². The van der Waals surface area contributed by atoms with Crippen molar-refractivity contribution in [1.29, 1.82) is 0 Å². The van der Waals surface area contributed by atoms with Gasteiger partial charge in [0, 0.05) is 19.0 Å². The first-order valence-electron chi connectivity index (χ1n) is 7.13. The summed E-state index contributed by atoms with van der Waals surface area (Å²) in [5.41, 5.74) is -0.139. The third-order valence-corrected chi connectivity index (χ3v) is 4.36. The molecule has 1 fully saturated rings. The van der Waals surface area contributed by atoms with Crippen LogP contribution in [0.5, 0.6) is 0 Å². The van der Waals surface area contributed by atoms with Crippen molar-refractivity contribution >= 4 is 11.9 Å². The van der Waals surface area contributed by atoms with E-state index in [1.807, 2.05) is 7.05 Å². The zero-order chi connectivity index (χ0) is 14.5. The third kappa shape index (κ3) is 3.93. The predicted octanol–water partition coefficient (Wildman–Crippen LogP) is 1.62. The maximum absolute atomic E-state index is 12.3. The molecule has 0 spiro atoms. The lowest BCUT2D eigenvalue weighted by Crippen LogP contribution is -2.51. The second-order valence-electron chi connectivity index (χ2n) is 5.53. The standard InChI is InChI=1S/C14H26N2O3/c1-4-11(13(18)19)16(3)12(17)10-14(15-2)8-6-5-7-9-14/h11,15H,4-10H2,1-3H3,(H,18,19). The van der Waals surface area contributed by atoms with Crippen LogP contribution < -0.4 is 5.32 Å². The van der Waals surface area contributed by atoms with Gasteiger partial charge in [-0.2, -0.15) is 0 Å². The van der Waals surface area contributed by atoms with E-state index < -0.39 is 12.0 Å². The zero-order valence-corrected chi connectivity index (χ0v) is 12.2. The Balaban J connectivity index is 2.68. The Kier molecular flexibility index (Phi) is 5.79.